The van der Waals surface area contributed by atoms with Crippen LogP contribution in [0.2, 0.25) is 0 Å². The number of methoxy groups -OCH3 is 1. The molecule has 0 atom stereocenters. The first-order valence-corrected chi connectivity index (χ1v) is 9.71. The second kappa shape index (κ2) is 9.32. The van der Waals surface area contributed by atoms with E-state index in [1.165, 1.54) is 12.3 Å². The molecule has 7 heteroatoms. The van der Waals surface area contributed by atoms with Gasteiger partial charge in [0.25, 0.3) is 5.91 Å². The Morgan fingerprint density at radius 1 is 1.21 bits per heavy atom. The molecular weight excluding hydrogens is 379 g/mol. The van der Waals surface area contributed by atoms with E-state index in [0.717, 1.165) is 16.5 Å². The molecule has 0 spiro atoms. The van der Waals surface area contributed by atoms with Crippen molar-refractivity contribution in [2.24, 2.45) is 0 Å². The summed E-state index contributed by atoms with van der Waals surface area (Å²) < 4.78 is 24.6. The van der Waals surface area contributed by atoms with Gasteiger partial charge in [-0.05, 0) is 42.1 Å². The topological polar surface area (TPSA) is 51.7 Å². The highest BCUT2D eigenvalue weighted by molar-refractivity contribution is 7.09. The highest BCUT2D eigenvalue weighted by Gasteiger charge is 2.16. The van der Waals surface area contributed by atoms with Gasteiger partial charge in [-0.25, -0.2) is 4.98 Å². The first-order chi connectivity index (χ1) is 13.6. The van der Waals surface area contributed by atoms with Crippen molar-refractivity contribution < 1.29 is 18.7 Å². The van der Waals surface area contributed by atoms with Crippen molar-refractivity contribution in [1.82, 2.24) is 9.88 Å². The smallest absolute Gasteiger partial charge is 0.254 e. The quantitative estimate of drug-likeness (QED) is 0.521. The van der Waals surface area contributed by atoms with Crippen molar-refractivity contribution in [2.45, 2.75) is 20.1 Å². The minimum absolute atomic E-state index is 0.249. The summed E-state index contributed by atoms with van der Waals surface area (Å²) in [4.78, 5) is 18.9. The third kappa shape index (κ3) is 4.86. The molecule has 0 aliphatic carbocycles. The lowest BCUT2D eigenvalue weighted by Crippen LogP contribution is -2.30. The van der Waals surface area contributed by atoms with Crippen LogP contribution in [0, 0.1) is 5.95 Å². The van der Waals surface area contributed by atoms with E-state index in [0.29, 0.717) is 31.2 Å². The highest BCUT2D eigenvalue weighted by atomic mass is 32.1. The Morgan fingerprint density at radius 2 is 2.07 bits per heavy atom. The molecule has 0 radical (unpaired) electrons. The summed E-state index contributed by atoms with van der Waals surface area (Å²) in [6.45, 7) is 3.22. The van der Waals surface area contributed by atoms with Gasteiger partial charge in [0, 0.05) is 35.8 Å². The van der Waals surface area contributed by atoms with Crippen LogP contribution >= 0.6 is 11.3 Å². The number of thiophene rings is 1. The van der Waals surface area contributed by atoms with Crippen LogP contribution in [0.25, 0.3) is 0 Å². The van der Waals surface area contributed by atoms with Crippen LogP contribution in [0.3, 0.4) is 0 Å². The third-order valence-corrected chi connectivity index (χ3v) is 5.04. The molecule has 2 heterocycles. The molecule has 0 unspecified atom stereocenters. The zero-order chi connectivity index (χ0) is 19.9. The summed E-state index contributed by atoms with van der Waals surface area (Å²) in [7, 11) is 1.58. The fourth-order valence-corrected chi connectivity index (χ4v) is 3.35. The van der Waals surface area contributed by atoms with Crippen molar-refractivity contribution in [1.29, 1.82) is 0 Å². The molecule has 28 heavy (non-hydrogen) atoms. The van der Waals surface area contributed by atoms with Crippen LogP contribution in [0.1, 0.15) is 27.7 Å². The van der Waals surface area contributed by atoms with Gasteiger partial charge < -0.3 is 14.4 Å². The fraction of sp³-hybridized carbons (Fsp3) is 0.238. The van der Waals surface area contributed by atoms with Crippen molar-refractivity contribution in [2.75, 3.05) is 13.7 Å². The molecule has 0 aliphatic rings. The van der Waals surface area contributed by atoms with Crippen LogP contribution < -0.4 is 9.47 Å². The maximum atomic E-state index is 13.3. The molecule has 1 amide bonds. The Morgan fingerprint density at radius 3 is 2.75 bits per heavy atom. The minimum atomic E-state index is -0.671. The van der Waals surface area contributed by atoms with Crippen LogP contribution in [0.15, 0.2) is 54.0 Å². The molecule has 0 aliphatic heterocycles. The molecule has 0 saturated heterocycles. The molecule has 5 nitrogen and oxygen atoms in total. The number of aromatic nitrogens is 1. The van der Waals surface area contributed by atoms with Gasteiger partial charge in [0.15, 0.2) is 11.5 Å². The van der Waals surface area contributed by atoms with E-state index < -0.39 is 5.95 Å². The molecule has 0 N–H and O–H groups in total. The van der Waals surface area contributed by atoms with Crippen molar-refractivity contribution in [3.8, 4) is 11.5 Å². The molecule has 0 bridgehead atoms. The van der Waals surface area contributed by atoms with Crippen LogP contribution in [0.5, 0.6) is 11.5 Å². The van der Waals surface area contributed by atoms with Crippen LogP contribution in [-0.2, 0) is 13.2 Å². The predicted molar refractivity (Wildman–Crippen MR) is 106 cm³/mol. The van der Waals surface area contributed by atoms with E-state index >= 15 is 0 Å². The molecule has 0 fully saturated rings. The number of carbonyl (C=O) groups excluding carboxylic acids is 1. The Kier molecular flexibility index (Phi) is 6.60. The maximum absolute atomic E-state index is 13.3. The number of nitrogens with zero attached hydrogens (tertiary/aromatic N) is 2. The average Bonchev–Trinajstić information content (AvgIpc) is 3.24. The summed E-state index contributed by atoms with van der Waals surface area (Å²) in [5, 5.41) is 2.00. The summed E-state index contributed by atoms with van der Waals surface area (Å²) in [5.41, 5.74) is 1.17. The first kappa shape index (κ1) is 19.8. The number of ether oxygens (including phenoxy) is 2. The number of rotatable bonds is 8. The van der Waals surface area contributed by atoms with E-state index in [-0.39, 0.29) is 11.5 Å². The molecule has 146 valence electrons. The first-order valence-electron chi connectivity index (χ1n) is 8.83. The van der Waals surface area contributed by atoms with Crippen molar-refractivity contribution >= 4 is 17.2 Å². The third-order valence-electron chi connectivity index (χ3n) is 4.19. The summed E-state index contributed by atoms with van der Waals surface area (Å²) in [6, 6.07) is 12.2. The zero-order valence-electron chi connectivity index (χ0n) is 15.7. The molecule has 2 aromatic heterocycles. The van der Waals surface area contributed by atoms with Gasteiger partial charge >= 0.3 is 0 Å². The largest absolute Gasteiger partial charge is 0.493 e. The molecule has 3 rings (SSSR count). The Balaban J connectivity index is 1.72. The summed E-state index contributed by atoms with van der Waals surface area (Å²) in [6.07, 6.45) is 1.29. The van der Waals surface area contributed by atoms with Gasteiger partial charge in [0.2, 0.25) is 5.95 Å². The Hall–Kier alpha value is -2.93. The highest BCUT2D eigenvalue weighted by Crippen LogP contribution is 2.30. The monoisotopic (exact) mass is 400 g/mol. The molecule has 3 aromatic rings. The average molecular weight is 400 g/mol. The van der Waals surface area contributed by atoms with E-state index in [9.17, 15) is 9.18 Å². The Labute approximate surface area is 167 Å². The van der Waals surface area contributed by atoms with Gasteiger partial charge in [0.05, 0.1) is 7.11 Å². The fourth-order valence-electron chi connectivity index (χ4n) is 2.74. The van der Waals surface area contributed by atoms with Crippen LogP contribution in [0.4, 0.5) is 4.39 Å². The zero-order valence-corrected chi connectivity index (χ0v) is 16.5. The number of benzene rings is 1. The number of amides is 1. The van der Waals surface area contributed by atoms with Gasteiger partial charge in [-0.15, -0.1) is 11.3 Å². The number of hydrogen-bond acceptors (Lipinski definition) is 5. The lowest BCUT2D eigenvalue weighted by molar-refractivity contribution is 0.0751. The van der Waals surface area contributed by atoms with E-state index in [1.54, 1.807) is 23.3 Å². The normalized spacial score (nSPS) is 10.5. The number of pyridine rings is 1. The minimum Gasteiger partial charge on any atom is -0.493 e. The Bertz CT molecular complexity index is 931. The van der Waals surface area contributed by atoms with Crippen molar-refractivity contribution in [3.05, 3.63) is 76.0 Å². The van der Waals surface area contributed by atoms with Gasteiger partial charge in [-0.2, -0.15) is 4.39 Å². The molecule has 0 saturated carbocycles. The SMILES string of the molecule is CCN(Cc1ccc(OCc2cccs2)c(OC)c1)C(=O)c1ccnc(F)c1. The predicted octanol–water partition coefficient (Wildman–Crippen LogP) is 4.53. The standard InChI is InChI=1S/C21H21FN2O3S/c1-3-24(21(25)16-8-9-23-20(22)12-16)13-15-6-7-18(19(11-15)26-2)27-14-17-5-4-10-28-17/h4-12H,3,13-14H2,1-2H3. The van der Waals surface area contributed by atoms with Gasteiger partial charge in [0.1, 0.15) is 6.61 Å². The number of halogens is 1. The van der Waals surface area contributed by atoms with Crippen LogP contribution in [-0.4, -0.2) is 29.4 Å². The van der Waals surface area contributed by atoms with Crippen molar-refractivity contribution in [3.63, 3.8) is 0 Å². The van der Waals surface area contributed by atoms with E-state index in [2.05, 4.69) is 4.98 Å². The maximum Gasteiger partial charge on any atom is 0.254 e. The second-order valence-corrected chi connectivity index (χ2v) is 7.07. The second-order valence-electron chi connectivity index (χ2n) is 6.04. The summed E-state index contributed by atoms with van der Waals surface area (Å²) in [5.74, 6) is 0.328. The molecular formula is C21H21FN2O3S. The van der Waals surface area contributed by atoms with E-state index in [1.807, 2.05) is 42.6 Å². The van der Waals surface area contributed by atoms with E-state index in [4.69, 9.17) is 9.47 Å². The lowest BCUT2D eigenvalue weighted by atomic mass is 10.1. The van der Waals surface area contributed by atoms with Gasteiger partial charge in [-0.1, -0.05) is 12.1 Å². The molecule has 1 aromatic carbocycles. The number of hydrogen-bond donors (Lipinski definition) is 0. The lowest BCUT2D eigenvalue weighted by Gasteiger charge is -2.22. The summed E-state index contributed by atoms with van der Waals surface area (Å²) >= 11 is 1.63. The van der Waals surface area contributed by atoms with Gasteiger partial charge in [-0.3, -0.25) is 4.79 Å². The number of carbonyl (C=O) groups is 1.